The molecule has 0 spiro atoms. The lowest BCUT2D eigenvalue weighted by Gasteiger charge is -2.23. The Labute approximate surface area is 116 Å². The van der Waals surface area contributed by atoms with Crippen LogP contribution in [0.4, 0.5) is 0 Å². The van der Waals surface area contributed by atoms with Crippen molar-refractivity contribution in [2.24, 2.45) is 5.73 Å². The molecule has 5 heteroatoms. The monoisotopic (exact) mass is 275 g/mol. The van der Waals surface area contributed by atoms with Crippen molar-refractivity contribution < 1.29 is 4.79 Å². The molecule has 4 nitrogen and oxygen atoms in total. The number of aromatic nitrogens is 1. The lowest BCUT2D eigenvalue weighted by Crippen LogP contribution is -2.22. The Kier molecular flexibility index (Phi) is 4.29. The third-order valence-electron chi connectivity index (χ3n) is 3.12. The first kappa shape index (κ1) is 13.7. The highest BCUT2D eigenvalue weighted by atomic mass is 32.1. The third kappa shape index (κ3) is 3.39. The Balaban J connectivity index is 2.04. The van der Waals surface area contributed by atoms with E-state index in [9.17, 15) is 4.79 Å². The Morgan fingerprint density at radius 2 is 2.32 bits per heavy atom. The van der Waals surface area contributed by atoms with Crippen LogP contribution in [0.5, 0.6) is 0 Å². The summed E-state index contributed by atoms with van der Waals surface area (Å²) in [6.07, 6.45) is 1.80. The van der Waals surface area contributed by atoms with Crippen molar-refractivity contribution in [1.29, 1.82) is 0 Å². The standard InChI is InChI=1S/C14H17N3OS/c1-10(13-5-3-4-6-16-13)17(2)8-12-7-11(9-19-12)14(15)18/h3-7,9-10H,8H2,1-2H3,(H2,15,18). The fraction of sp³-hybridized carbons (Fsp3) is 0.286. The van der Waals surface area contributed by atoms with Gasteiger partial charge in [-0.3, -0.25) is 14.7 Å². The van der Waals surface area contributed by atoms with Gasteiger partial charge in [0, 0.05) is 29.0 Å². The molecule has 1 atom stereocenters. The molecule has 1 unspecified atom stereocenters. The van der Waals surface area contributed by atoms with Gasteiger partial charge in [-0.05, 0) is 32.2 Å². The Morgan fingerprint density at radius 3 is 2.89 bits per heavy atom. The van der Waals surface area contributed by atoms with Crippen LogP contribution in [0.1, 0.15) is 33.9 Å². The van der Waals surface area contributed by atoms with Crippen molar-refractivity contribution in [3.63, 3.8) is 0 Å². The maximum absolute atomic E-state index is 11.1. The number of pyridine rings is 1. The summed E-state index contributed by atoms with van der Waals surface area (Å²) in [7, 11) is 2.04. The molecule has 0 aliphatic carbocycles. The van der Waals surface area contributed by atoms with Gasteiger partial charge in [-0.25, -0.2) is 0 Å². The number of nitrogens with zero attached hydrogens (tertiary/aromatic N) is 2. The molecule has 0 aliphatic heterocycles. The van der Waals surface area contributed by atoms with Gasteiger partial charge in [0.05, 0.1) is 11.3 Å². The van der Waals surface area contributed by atoms with Crippen molar-refractivity contribution in [3.05, 3.63) is 52.0 Å². The third-order valence-corrected chi connectivity index (χ3v) is 4.04. The van der Waals surface area contributed by atoms with E-state index in [1.54, 1.807) is 22.9 Å². The SMILES string of the molecule is CC(c1ccccn1)N(C)Cc1cc(C(N)=O)cs1. The minimum atomic E-state index is -0.372. The average Bonchev–Trinajstić information content (AvgIpc) is 2.87. The lowest BCUT2D eigenvalue weighted by molar-refractivity contribution is 0.100. The zero-order chi connectivity index (χ0) is 13.8. The van der Waals surface area contributed by atoms with Crippen LogP contribution in [-0.2, 0) is 6.54 Å². The second-order valence-corrected chi connectivity index (χ2v) is 5.51. The molecule has 1 amide bonds. The quantitative estimate of drug-likeness (QED) is 0.911. The molecule has 100 valence electrons. The summed E-state index contributed by atoms with van der Waals surface area (Å²) >= 11 is 1.56. The Morgan fingerprint density at radius 1 is 1.53 bits per heavy atom. The van der Waals surface area contributed by atoms with Crippen molar-refractivity contribution in [2.75, 3.05) is 7.05 Å². The fourth-order valence-electron chi connectivity index (χ4n) is 1.82. The first-order chi connectivity index (χ1) is 9.08. The van der Waals surface area contributed by atoms with Crippen LogP contribution < -0.4 is 5.73 Å². The number of amides is 1. The largest absolute Gasteiger partial charge is 0.366 e. The van der Waals surface area contributed by atoms with E-state index in [0.29, 0.717) is 5.56 Å². The molecule has 2 rings (SSSR count). The molecule has 2 N–H and O–H groups in total. The van der Waals surface area contributed by atoms with E-state index < -0.39 is 0 Å². The van der Waals surface area contributed by atoms with Gasteiger partial charge in [-0.1, -0.05) is 6.07 Å². The molecular formula is C14H17N3OS. The molecule has 0 saturated heterocycles. The highest BCUT2D eigenvalue weighted by Gasteiger charge is 2.14. The van der Waals surface area contributed by atoms with Crippen molar-refractivity contribution in [1.82, 2.24) is 9.88 Å². The zero-order valence-corrected chi connectivity index (χ0v) is 11.9. The van der Waals surface area contributed by atoms with E-state index in [0.717, 1.165) is 17.1 Å². The van der Waals surface area contributed by atoms with Gasteiger partial charge < -0.3 is 5.73 Å². The molecule has 2 heterocycles. The number of nitrogens with two attached hydrogens (primary N) is 1. The van der Waals surface area contributed by atoms with Crippen LogP contribution in [0.15, 0.2) is 35.8 Å². The van der Waals surface area contributed by atoms with Crippen LogP contribution in [-0.4, -0.2) is 22.8 Å². The lowest BCUT2D eigenvalue weighted by atomic mass is 10.2. The van der Waals surface area contributed by atoms with Crippen LogP contribution in [0.25, 0.3) is 0 Å². The number of carbonyl (C=O) groups excluding carboxylic acids is 1. The fourth-order valence-corrected chi connectivity index (χ4v) is 2.76. The molecule has 2 aromatic rings. The minimum absolute atomic E-state index is 0.223. The van der Waals surface area contributed by atoms with Gasteiger partial charge in [0.15, 0.2) is 0 Å². The number of thiophene rings is 1. The van der Waals surface area contributed by atoms with Gasteiger partial charge in [-0.2, -0.15) is 0 Å². The van der Waals surface area contributed by atoms with Gasteiger partial charge in [-0.15, -0.1) is 11.3 Å². The topological polar surface area (TPSA) is 59.2 Å². The summed E-state index contributed by atoms with van der Waals surface area (Å²) in [5.74, 6) is -0.372. The van der Waals surface area contributed by atoms with E-state index in [4.69, 9.17) is 5.73 Å². The van der Waals surface area contributed by atoms with Gasteiger partial charge >= 0.3 is 0 Å². The molecule has 19 heavy (non-hydrogen) atoms. The van der Waals surface area contributed by atoms with Gasteiger partial charge in [0.2, 0.25) is 5.91 Å². The van der Waals surface area contributed by atoms with Crippen molar-refractivity contribution in [2.45, 2.75) is 19.5 Å². The number of primary amides is 1. The summed E-state index contributed by atoms with van der Waals surface area (Å²) in [5, 5.41) is 1.80. The first-order valence-corrected chi connectivity index (χ1v) is 6.94. The highest BCUT2D eigenvalue weighted by Crippen LogP contribution is 2.22. The predicted molar refractivity (Wildman–Crippen MR) is 77.0 cm³/mol. The van der Waals surface area contributed by atoms with Crippen LogP contribution in [0.3, 0.4) is 0 Å². The number of hydrogen-bond donors (Lipinski definition) is 1. The van der Waals surface area contributed by atoms with E-state index >= 15 is 0 Å². The molecule has 0 aromatic carbocycles. The Hall–Kier alpha value is -1.72. The summed E-state index contributed by atoms with van der Waals surface area (Å²) in [6, 6.07) is 8.00. The van der Waals surface area contributed by atoms with Crippen LogP contribution in [0.2, 0.25) is 0 Å². The maximum Gasteiger partial charge on any atom is 0.249 e. The second kappa shape index (κ2) is 5.95. The number of rotatable bonds is 5. The zero-order valence-electron chi connectivity index (χ0n) is 11.0. The van der Waals surface area contributed by atoms with Gasteiger partial charge in [0.25, 0.3) is 0 Å². The molecule has 0 fully saturated rings. The summed E-state index contributed by atoms with van der Waals surface area (Å²) in [5.41, 5.74) is 6.87. The predicted octanol–water partition coefficient (Wildman–Crippen LogP) is 2.44. The van der Waals surface area contributed by atoms with Crippen LogP contribution >= 0.6 is 11.3 Å². The molecule has 0 aliphatic rings. The van der Waals surface area contributed by atoms with E-state index in [-0.39, 0.29) is 11.9 Å². The van der Waals surface area contributed by atoms with E-state index in [1.165, 1.54) is 0 Å². The number of carbonyl (C=O) groups is 1. The first-order valence-electron chi connectivity index (χ1n) is 6.06. The smallest absolute Gasteiger partial charge is 0.249 e. The van der Waals surface area contributed by atoms with Crippen LogP contribution in [0, 0.1) is 0 Å². The molecule has 0 saturated carbocycles. The number of hydrogen-bond acceptors (Lipinski definition) is 4. The molecule has 0 bridgehead atoms. The summed E-state index contributed by atoms with van der Waals surface area (Å²) in [6.45, 7) is 2.89. The minimum Gasteiger partial charge on any atom is -0.366 e. The average molecular weight is 275 g/mol. The summed E-state index contributed by atoms with van der Waals surface area (Å²) in [4.78, 5) is 18.7. The highest BCUT2D eigenvalue weighted by molar-refractivity contribution is 7.10. The van der Waals surface area contributed by atoms with E-state index in [1.807, 2.05) is 31.3 Å². The van der Waals surface area contributed by atoms with E-state index in [2.05, 4.69) is 16.8 Å². The normalized spacial score (nSPS) is 12.6. The summed E-state index contributed by atoms with van der Waals surface area (Å²) < 4.78 is 0. The maximum atomic E-state index is 11.1. The molecule has 0 radical (unpaired) electrons. The second-order valence-electron chi connectivity index (χ2n) is 4.51. The van der Waals surface area contributed by atoms with Crippen molar-refractivity contribution in [3.8, 4) is 0 Å². The molecule has 2 aromatic heterocycles. The van der Waals surface area contributed by atoms with Gasteiger partial charge in [0.1, 0.15) is 0 Å². The Bertz CT molecular complexity index is 553. The van der Waals surface area contributed by atoms with Crippen molar-refractivity contribution >= 4 is 17.2 Å². The molecular weight excluding hydrogens is 258 g/mol.